The highest BCUT2D eigenvalue weighted by molar-refractivity contribution is 5.85. The molecule has 0 radical (unpaired) electrons. The van der Waals surface area contributed by atoms with E-state index in [9.17, 15) is 13.2 Å². The Morgan fingerprint density at radius 3 is 2.83 bits per heavy atom. The van der Waals surface area contributed by atoms with Crippen molar-refractivity contribution in [1.82, 2.24) is 25.1 Å². The molecular weight excluding hydrogens is 347 g/mol. The largest absolute Gasteiger partial charge is 0.416 e. The molecule has 2 aromatic rings. The van der Waals surface area contributed by atoms with Gasteiger partial charge in [-0.3, -0.25) is 4.90 Å². The average Bonchev–Trinajstić information content (AvgIpc) is 2.97. The first-order valence-corrected chi connectivity index (χ1v) is 7.22. The lowest BCUT2D eigenvalue weighted by Gasteiger charge is -2.32. The summed E-state index contributed by atoms with van der Waals surface area (Å²) in [6, 6.07) is 5.18. The van der Waals surface area contributed by atoms with Crippen molar-refractivity contribution in [2.45, 2.75) is 25.7 Å². The fourth-order valence-corrected chi connectivity index (χ4v) is 2.50. The van der Waals surface area contributed by atoms with Crippen LogP contribution in [-0.2, 0) is 17.5 Å². The van der Waals surface area contributed by atoms with Crippen molar-refractivity contribution in [1.29, 1.82) is 0 Å². The average molecular weight is 364 g/mol. The van der Waals surface area contributed by atoms with Crippen LogP contribution in [0.1, 0.15) is 18.3 Å². The van der Waals surface area contributed by atoms with Crippen molar-refractivity contribution in [3.63, 3.8) is 0 Å². The molecule has 0 amide bonds. The van der Waals surface area contributed by atoms with Crippen molar-refractivity contribution in [2.75, 3.05) is 19.8 Å². The molecule has 10 heteroatoms. The van der Waals surface area contributed by atoms with Gasteiger partial charge in [0.25, 0.3) is 0 Å². The van der Waals surface area contributed by atoms with Crippen LogP contribution >= 0.6 is 12.4 Å². The van der Waals surface area contributed by atoms with Crippen LogP contribution in [0.5, 0.6) is 0 Å². The third-order valence-corrected chi connectivity index (χ3v) is 3.80. The number of ether oxygens (including phenoxy) is 1. The highest BCUT2D eigenvalue weighted by Gasteiger charge is 2.31. The van der Waals surface area contributed by atoms with Gasteiger partial charge in [0.2, 0.25) is 0 Å². The van der Waals surface area contributed by atoms with Crippen molar-refractivity contribution in [2.24, 2.45) is 0 Å². The van der Waals surface area contributed by atoms with Gasteiger partial charge in [-0.25, -0.2) is 0 Å². The third-order valence-electron chi connectivity index (χ3n) is 3.80. The van der Waals surface area contributed by atoms with Gasteiger partial charge in [-0.2, -0.15) is 17.9 Å². The number of alkyl halides is 3. The number of tetrazole rings is 1. The predicted molar refractivity (Wildman–Crippen MR) is 82.1 cm³/mol. The molecule has 1 saturated heterocycles. The summed E-state index contributed by atoms with van der Waals surface area (Å²) in [5.74, 6) is 0.498. The molecule has 0 bridgehead atoms. The zero-order valence-electron chi connectivity index (χ0n) is 12.9. The smallest absolute Gasteiger partial charge is 0.379 e. The third kappa shape index (κ3) is 4.03. The number of nitrogens with zero attached hydrogens (tertiary/aromatic N) is 5. The molecule has 0 unspecified atom stereocenters. The first-order valence-electron chi connectivity index (χ1n) is 7.22. The zero-order valence-corrected chi connectivity index (χ0v) is 13.7. The minimum Gasteiger partial charge on any atom is -0.379 e. The van der Waals surface area contributed by atoms with E-state index in [4.69, 9.17) is 4.74 Å². The first-order chi connectivity index (χ1) is 10.9. The van der Waals surface area contributed by atoms with Crippen LogP contribution in [-0.4, -0.2) is 50.9 Å². The van der Waals surface area contributed by atoms with Crippen LogP contribution in [0.3, 0.4) is 0 Å². The molecule has 0 aliphatic carbocycles. The molecule has 6 nitrogen and oxygen atoms in total. The fraction of sp³-hybridized carbons (Fsp3) is 0.500. The SMILES string of the molecule is C[C@@H]1COCCN1Cc1nnnn1-c1cccc(C(F)(F)F)c1.Cl. The van der Waals surface area contributed by atoms with Gasteiger partial charge in [0, 0.05) is 12.6 Å². The summed E-state index contributed by atoms with van der Waals surface area (Å²) in [5.41, 5.74) is -0.433. The Labute approximate surface area is 143 Å². The second-order valence-electron chi connectivity index (χ2n) is 5.45. The Morgan fingerprint density at radius 2 is 2.12 bits per heavy atom. The molecule has 1 fully saturated rings. The molecule has 2 heterocycles. The van der Waals surface area contributed by atoms with Crippen LogP contribution in [0.4, 0.5) is 13.2 Å². The second-order valence-corrected chi connectivity index (χ2v) is 5.45. The highest BCUT2D eigenvalue weighted by Crippen LogP contribution is 2.30. The molecule has 0 saturated carbocycles. The number of rotatable bonds is 3. The van der Waals surface area contributed by atoms with E-state index in [1.807, 2.05) is 6.92 Å². The summed E-state index contributed by atoms with van der Waals surface area (Å²) in [6.45, 7) is 4.45. The highest BCUT2D eigenvalue weighted by atomic mass is 35.5. The van der Waals surface area contributed by atoms with E-state index < -0.39 is 11.7 Å². The molecule has 132 valence electrons. The van der Waals surface area contributed by atoms with E-state index in [1.54, 1.807) is 6.07 Å². The molecular formula is C14H17ClF3N5O. The fourth-order valence-electron chi connectivity index (χ4n) is 2.50. The van der Waals surface area contributed by atoms with Gasteiger partial charge in [-0.15, -0.1) is 17.5 Å². The Bertz CT molecular complexity index is 678. The number of hydrogen-bond donors (Lipinski definition) is 0. The van der Waals surface area contributed by atoms with E-state index in [0.717, 1.165) is 18.7 Å². The first kappa shape index (κ1) is 18.6. The maximum atomic E-state index is 12.9. The summed E-state index contributed by atoms with van der Waals surface area (Å²) in [5, 5.41) is 11.4. The van der Waals surface area contributed by atoms with Gasteiger partial charge in [-0.1, -0.05) is 6.07 Å². The van der Waals surface area contributed by atoms with Gasteiger partial charge in [0.15, 0.2) is 5.82 Å². The quantitative estimate of drug-likeness (QED) is 0.837. The standard InChI is InChI=1S/C14H16F3N5O.ClH/c1-10-9-23-6-5-21(10)8-13-18-19-20-22(13)12-4-2-3-11(7-12)14(15,16)17;/h2-4,7,10H,5-6,8-9H2,1H3;1H/t10-;/m1./s1. The van der Waals surface area contributed by atoms with Crippen LogP contribution in [0, 0.1) is 0 Å². The Hall–Kier alpha value is -1.71. The van der Waals surface area contributed by atoms with Crippen molar-refractivity contribution < 1.29 is 17.9 Å². The van der Waals surface area contributed by atoms with E-state index >= 15 is 0 Å². The summed E-state index contributed by atoms with van der Waals surface area (Å²) in [7, 11) is 0. The van der Waals surface area contributed by atoms with Crippen molar-refractivity contribution >= 4 is 12.4 Å². The van der Waals surface area contributed by atoms with E-state index in [1.165, 1.54) is 10.7 Å². The maximum absolute atomic E-state index is 12.9. The molecule has 1 aromatic heterocycles. The van der Waals surface area contributed by atoms with E-state index in [2.05, 4.69) is 20.4 Å². The van der Waals surface area contributed by atoms with Crippen LogP contribution in [0.25, 0.3) is 5.69 Å². The van der Waals surface area contributed by atoms with Gasteiger partial charge < -0.3 is 4.74 Å². The molecule has 1 aliphatic rings. The van der Waals surface area contributed by atoms with Crippen LogP contribution < -0.4 is 0 Å². The molecule has 3 rings (SSSR count). The minimum atomic E-state index is -4.40. The van der Waals surface area contributed by atoms with Crippen molar-refractivity contribution in [3.05, 3.63) is 35.7 Å². The van der Waals surface area contributed by atoms with Gasteiger partial charge >= 0.3 is 6.18 Å². The summed E-state index contributed by atoms with van der Waals surface area (Å²) in [6.07, 6.45) is -4.40. The number of aromatic nitrogens is 4. The molecule has 0 spiro atoms. The lowest BCUT2D eigenvalue weighted by atomic mass is 10.2. The Balaban J connectivity index is 0.00000208. The Kier molecular flexibility index (Phi) is 5.79. The lowest BCUT2D eigenvalue weighted by Crippen LogP contribution is -2.43. The van der Waals surface area contributed by atoms with E-state index in [-0.39, 0.29) is 18.4 Å². The Morgan fingerprint density at radius 1 is 1.33 bits per heavy atom. The monoisotopic (exact) mass is 363 g/mol. The van der Waals surface area contributed by atoms with Gasteiger partial charge in [-0.05, 0) is 35.5 Å². The summed E-state index contributed by atoms with van der Waals surface area (Å²) >= 11 is 0. The van der Waals surface area contributed by atoms with Crippen molar-refractivity contribution in [3.8, 4) is 5.69 Å². The molecule has 24 heavy (non-hydrogen) atoms. The molecule has 1 atom stereocenters. The minimum absolute atomic E-state index is 0. The van der Waals surface area contributed by atoms with Crippen LogP contribution in [0.2, 0.25) is 0 Å². The zero-order chi connectivity index (χ0) is 16.4. The topological polar surface area (TPSA) is 56.1 Å². The summed E-state index contributed by atoms with van der Waals surface area (Å²) < 4.78 is 45.3. The van der Waals surface area contributed by atoms with E-state index in [0.29, 0.717) is 31.3 Å². The molecule has 1 aliphatic heterocycles. The lowest BCUT2D eigenvalue weighted by molar-refractivity contribution is -0.137. The number of hydrogen-bond acceptors (Lipinski definition) is 5. The summed E-state index contributed by atoms with van der Waals surface area (Å²) in [4.78, 5) is 2.14. The molecule has 1 aromatic carbocycles. The molecule has 0 N–H and O–H groups in total. The second kappa shape index (κ2) is 7.45. The van der Waals surface area contributed by atoms with Crippen LogP contribution in [0.15, 0.2) is 24.3 Å². The normalized spacial score (nSPS) is 19.1. The van der Waals surface area contributed by atoms with Gasteiger partial charge in [0.05, 0.1) is 31.0 Å². The van der Waals surface area contributed by atoms with Gasteiger partial charge in [0.1, 0.15) is 0 Å². The maximum Gasteiger partial charge on any atom is 0.416 e. The predicted octanol–water partition coefficient (Wildman–Crippen LogP) is 2.32. The number of halogens is 4. The number of benzene rings is 1. The number of morpholine rings is 1.